The molecular formula is C17H17NO. The second-order valence-electron chi connectivity index (χ2n) is 5.20. The van der Waals surface area contributed by atoms with Crippen molar-refractivity contribution in [1.29, 1.82) is 0 Å². The van der Waals surface area contributed by atoms with E-state index in [0.29, 0.717) is 5.89 Å². The quantitative estimate of drug-likeness (QED) is 0.625. The Morgan fingerprint density at radius 2 is 1.74 bits per heavy atom. The summed E-state index contributed by atoms with van der Waals surface area (Å²) >= 11 is 0. The molecule has 1 aromatic heterocycles. The summed E-state index contributed by atoms with van der Waals surface area (Å²) in [5.41, 5.74) is 7.74. The molecule has 0 amide bonds. The van der Waals surface area contributed by atoms with E-state index in [1.54, 1.807) is 0 Å². The van der Waals surface area contributed by atoms with Gasteiger partial charge in [-0.2, -0.15) is 0 Å². The van der Waals surface area contributed by atoms with E-state index in [-0.39, 0.29) is 0 Å². The van der Waals surface area contributed by atoms with Crippen molar-refractivity contribution in [1.82, 2.24) is 4.98 Å². The van der Waals surface area contributed by atoms with Crippen molar-refractivity contribution in [2.24, 2.45) is 0 Å². The number of benzene rings is 2. The molecule has 0 aliphatic carbocycles. The van der Waals surface area contributed by atoms with Crippen LogP contribution in [0.5, 0.6) is 0 Å². The van der Waals surface area contributed by atoms with Crippen molar-refractivity contribution in [3.05, 3.63) is 52.6 Å². The predicted octanol–water partition coefficient (Wildman–Crippen LogP) is 4.73. The summed E-state index contributed by atoms with van der Waals surface area (Å²) in [5, 5.41) is 0. The zero-order valence-electron chi connectivity index (χ0n) is 11.7. The molecule has 0 aliphatic heterocycles. The van der Waals surface area contributed by atoms with Crippen LogP contribution in [-0.2, 0) is 0 Å². The predicted molar refractivity (Wildman–Crippen MR) is 78.4 cm³/mol. The fraction of sp³-hybridized carbons (Fsp3) is 0.235. The van der Waals surface area contributed by atoms with E-state index in [2.05, 4.69) is 56.9 Å². The van der Waals surface area contributed by atoms with E-state index in [4.69, 9.17) is 4.42 Å². The lowest BCUT2D eigenvalue weighted by molar-refractivity contribution is 0.616. The standard InChI is InChI=1S/C17H17NO/c1-10-8-12(3)16-15(9-10)18-17(19-16)14-7-5-6-11(2)13(14)4/h5-9H,1-4H3. The summed E-state index contributed by atoms with van der Waals surface area (Å²) in [6.45, 7) is 8.36. The highest BCUT2D eigenvalue weighted by molar-refractivity contribution is 5.80. The van der Waals surface area contributed by atoms with Crippen molar-refractivity contribution < 1.29 is 4.42 Å². The Kier molecular flexibility index (Phi) is 2.67. The lowest BCUT2D eigenvalue weighted by Crippen LogP contribution is -1.86. The fourth-order valence-corrected chi connectivity index (χ4v) is 2.47. The topological polar surface area (TPSA) is 26.0 Å². The largest absolute Gasteiger partial charge is 0.436 e. The molecule has 0 saturated heterocycles. The molecule has 0 atom stereocenters. The van der Waals surface area contributed by atoms with Crippen molar-refractivity contribution in [3.63, 3.8) is 0 Å². The molecule has 3 rings (SSSR count). The molecule has 0 saturated carbocycles. The minimum absolute atomic E-state index is 0.713. The minimum atomic E-state index is 0.713. The van der Waals surface area contributed by atoms with E-state index < -0.39 is 0 Å². The van der Waals surface area contributed by atoms with E-state index >= 15 is 0 Å². The zero-order valence-corrected chi connectivity index (χ0v) is 11.7. The summed E-state index contributed by atoms with van der Waals surface area (Å²) in [5.74, 6) is 0.713. The molecule has 2 aromatic carbocycles. The smallest absolute Gasteiger partial charge is 0.227 e. The van der Waals surface area contributed by atoms with Gasteiger partial charge in [0.25, 0.3) is 0 Å². The Morgan fingerprint density at radius 3 is 2.53 bits per heavy atom. The summed E-state index contributed by atoms with van der Waals surface area (Å²) in [4.78, 5) is 4.64. The monoisotopic (exact) mass is 251 g/mol. The van der Waals surface area contributed by atoms with Gasteiger partial charge in [-0.1, -0.05) is 18.2 Å². The van der Waals surface area contributed by atoms with Crippen LogP contribution >= 0.6 is 0 Å². The first kappa shape index (κ1) is 12.0. The van der Waals surface area contributed by atoms with Crippen LogP contribution in [0, 0.1) is 27.7 Å². The summed E-state index contributed by atoms with van der Waals surface area (Å²) in [6.07, 6.45) is 0. The Morgan fingerprint density at radius 1 is 0.947 bits per heavy atom. The zero-order chi connectivity index (χ0) is 13.6. The van der Waals surface area contributed by atoms with Crippen molar-refractivity contribution in [2.45, 2.75) is 27.7 Å². The lowest BCUT2D eigenvalue weighted by Gasteiger charge is -2.03. The SMILES string of the molecule is Cc1cc(C)c2oc(-c3cccc(C)c3C)nc2c1. The van der Waals surface area contributed by atoms with Gasteiger partial charge in [-0.3, -0.25) is 0 Å². The van der Waals surface area contributed by atoms with E-state index in [1.807, 2.05) is 6.07 Å². The summed E-state index contributed by atoms with van der Waals surface area (Å²) in [7, 11) is 0. The molecule has 96 valence electrons. The third kappa shape index (κ3) is 1.93. The van der Waals surface area contributed by atoms with Gasteiger partial charge < -0.3 is 4.42 Å². The number of rotatable bonds is 1. The second-order valence-corrected chi connectivity index (χ2v) is 5.20. The Bertz CT molecular complexity index is 768. The first-order chi connectivity index (χ1) is 9.06. The Labute approximate surface area is 113 Å². The van der Waals surface area contributed by atoms with Crippen molar-refractivity contribution in [3.8, 4) is 11.5 Å². The molecule has 1 heterocycles. The molecule has 0 spiro atoms. The number of aryl methyl sites for hydroxylation is 3. The van der Waals surface area contributed by atoms with Crippen LogP contribution < -0.4 is 0 Å². The number of oxazole rings is 1. The maximum atomic E-state index is 5.96. The van der Waals surface area contributed by atoms with Gasteiger partial charge in [0.2, 0.25) is 5.89 Å². The van der Waals surface area contributed by atoms with Gasteiger partial charge in [-0.25, -0.2) is 4.98 Å². The van der Waals surface area contributed by atoms with Gasteiger partial charge in [-0.05, 0) is 62.1 Å². The molecule has 2 nitrogen and oxygen atoms in total. The van der Waals surface area contributed by atoms with Crippen LogP contribution in [0.1, 0.15) is 22.3 Å². The molecule has 0 radical (unpaired) electrons. The third-order valence-corrected chi connectivity index (χ3v) is 3.66. The normalized spacial score (nSPS) is 11.2. The van der Waals surface area contributed by atoms with Gasteiger partial charge in [0.15, 0.2) is 5.58 Å². The van der Waals surface area contributed by atoms with Gasteiger partial charge in [-0.15, -0.1) is 0 Å². The van der Waals surface area contributed by atoms with Gasteiger partial charge >= 0.3 is 0 Å². The van der Waals surface area contributed by atoms with Crippen molar-refractivity contribution in [2.75, 3.05) is 0 Å². The average molecular weight is 251 g/mol. The van der Waals surface area contributed by atoms with Crippen LogP contribution in [0.3, 0.4) is 0 Å². The van der Waals surface area contributed by atoms with E-state index in [0.717, 1.165) is 22.2 Å². The van der Waals surface area contributed by atoms with Gasteiger partial charge in [0, 0.05) is 5.56 Å². The van der Waals surface area contributed by atoms with Gasteiger partial charge in [0.05, 0.1) is 0 Å². The summed E-state index contributed by atoms with van der Waals surface area (Å²) < 4.78 is 5.96. The number of fused-ring (bicyclic) bond motifs is 1. The van der Waals surface area contributed by atoms with Crippen LogP contribution in [0.15, 0.2) is 34.7 Å². The maximum absolute atomic E-state index is 5.96. The molecule has 3 aromatic rings. The van der Waals surface area contributed by atoms with E-state index in [9.17, 15) is 0 Å². The highest BCUT2D eigenvalue weighted by atomic mass is 16.3. The fourth-order valence-electron chi connectivity index (χ4n) is 2.47. The molecule has 0 unspecified atom stereocenters. The highest BCUT2D eigenvalue weighted by Gasteiger charge is 2.13. The third-order valence-electron chi connectivity index (χ3n) is 3.66. The maximum Gasteiger partial charge on any atom is 0.227 e. The number of hydrogen-bond acceptors (Lipinski definition) is 2. The van der Waals surface area contributed by atoms with Crippen LogP contribution in [0.2, 0.25) is 0 Å². The Balaban J connectivity index is 2.26. The minimum Gasteiger partial charge on any atom is -0.436 e. The highest BCUT2D eigenvalue weighted by Crippen LogP contribution is 2.30. The molecule has 19 heavy (non-hydrogen) atoms. The number of aromatic nitrogens is 1. The van der Waals surface area contributed by atoms with Crippen LogP contribution in [0.25, 0.3) is 22.6 Å². The second kappa shape index (κ2) is 4.23. The van der Waals surface area contributed by atoms with Crippen LogP contribution in [0.4, 0.5) is 0 Å². The van der Waals surface area contributed by atoms with Crippen molar-refractivity contribution >= 4 is 11.1 Å². The molecular weight excluding hydrogens is 234 g/mol. The number of nitrogens with zero attached hydrogens (tertiary/aromatic N) is 1. The molecule has 0 fully saturated rings. The van der Waals surface area contributed by atoms with Gasteiger partial charge in [0.1, 0.15) is 5.52 Å². The molecule has 0 N–H and O–H groups in total. The first-order valence-electron chi connectivity index (χ1n) is 6.50. The lowest BCUT2D eigenvalue weighted by atomic mass is 10.0. The molecule has 0 aliphatic rings. The first-order valence-corrected chi connectivity index (χ1v) is 6.50. The average Bonchev–Trinajstić information content (AvgIpc) is 2.76. The summed E-state index contributed by atoms with van der Waals surface area (Å²) in [6, 6.07) is 10.4. The Hall–Kier alpha value is -2.09. The van der Waals surface area contributed by atoms with Crippen LogP contribution in [-0.4, -0.2) is 4.98 Å². The molecule has 0 bridgehead atoms. The molecule has 2 heteroatoms. The van der Waals surface area contributed by atoms with E-state index in [1.165, 1.54) is 16.7 Å². The number of hydrogen-bond donors (Lipinski definition) is 0.